The van der Waals surface area contributed by atoms with Crippen LogP contribution in [-0.4, -0.2) is 38.8 Å². The number of H-pyrrole nitrogens is 1. The smallest absolute Gasteiger partial charge is 0.301 e. The Morgan fingerprint density at radius 3 is 2.50 bits per heavy atom. The first-order valence-electron chi connectivity index (χ1n) is 7.10. The van der Waals surface area contributed by atoms with E-state index in [2.05, 4.69) is 15.1 Å². The summed E-state index contributed by atoms with van der Waals surface area (Å²) < 4.78 is 26.7. The molecule has 3 heterocycles. The van der Waals surface area contributed by atoms with E-state index in [1.807, 2.05) is 30.3 Å². The lowest BCUT2D eigenvalue weighted by Crippen LogP contribution is -2.11. The first-order chi connectivity index (χ1) is 11.4. The van der Waals surface area contributed by atoms with Crippen LogP contribution >= 0.6 is 0 Å². The Balaban J connectivity index is 2.13. The Kier molecular flexibility index (Phi) is 2.91. The Bertz CT molecular complexity index is 1250. The third-order valence-corrected chi connectivity index (χ3v) is 4.83. The molecule has 0 saturated carbocycles. The molecule has 0 unspecified atom stereocenters. The molecule has 0 saturated heterocycles. The summed E-state index contributed by atoms with van der Waals surface area (Å²) in [6, 6.07) is 11.3. The van der Waals surface area contributed by atoms with Crippen LogP contribution in [-0.2, 0) is 16.9 Å². The highest BCUT2D eigenvalue weighted by Gasteiger charge is 2.22. The third kappa shape index (κ3) is 2.05. The molecule has 0 bridgehead atoms. The monoisotopic (exact) mass is 343 g/mol. The molecule has 0 radical (unpaired) electrons. The molecule has 4 rings (SSSR count). The van der Waals surface area contributed by atoms with Crippen molar-refractivity contribution in [2.75, 3.05) is 6.26 Å². The number of hydrogen-bond donors (Lipinski definition) is 1. The molecule has 122 valence electrons. The van der Waals surface area contributed by atoms with Gasteiger partial charge in [0.25, 0.3) is 0 Å². The van der Waals surface area contributed by atoms with E-state index in [9.17, 15) is 13.2 Å². The van der Waals surface area contributed by atoms with Crippen LogP contribution in [0.4, 0.5) is 0 Å². The number of nitrogens with one attached hydrogen (secondary N) is 1. The minimum absolute atomic E-state index is 0.0110. The quantitative estimate of drug-likeness (QED) is 0.584. The lowest BCUT2D eigenvalue weighted by molar-refractivity contribution is 0.586. The molecule has 4 aromatic rings. The third-order valence-electron chi connectivity index (χ3n) is 3.81. The molecule has 0 atom stereocenters. The molecule has 1 N–H and O–H groups in total. The van der Waals surface area contributed by atoms with Crippen LogP contribution in [0.1, 0.15) is 0 Å². The number of rotatable bonds is 2. The van der Waals surface area contributed by atoms with Gasteiger partial charge >= 0.3 is 5.56 Å². The highest BCUT2D eigenvalue weighted by atomic mass is 32.2. The van der Waals surface area contributed by atoms with Crippen LogP contribution in [0.15, 0.2) is 46.3 Å². The Morgan fingerprint density at radius 2 is 1.83 bits per heavy atom. The van der Waals surface area contributed by atoms with Crippen LogP contribution in [0.25, 0.3) is 28.1 Å². The Morgan fingerprint density at radius 1 is 1.12 bits per heavy atom. The maximum atomic E-state index is 12.2. The van der Waals surface area contributed by atoms with Crippen LogP contribution in [0.3, 0.4) is 0 Å². The zero-order chi connectivity index (χ0) is 17.1. The van der Waals surface area contributed by atoms with Crippen molar-refractivity contribution in [2.24, 2.45) is 7.05 Å². The Hall–Kier alpha value is -2.94. The molecular weight excluding hydrogens is 330 g/mol. The van der Waals surface area contributed by atoms with Crippen LogP contribution in [0.2, 0.25) is 0 Å². The molecule has 0 aliphatic heterocycles. The summed E-state index contributed by atoms with van der Waals surface area (Å²) in [5, 5.41) is 2.97. The molecule has 0 spiro atoms. The molecule has 0 aliphatic carbocycles. The fourth-order valence-electron chi connectivity index (χ4n) is 2.77. The number of fused-ring (bicyclic) bond motifs is 3. The van der Waals surface area contributed by atoms with Gasteiger partial charge in [-0.1, -0.05) is 30.3 Å². The normalized spacial score (nSPS) is 12.2. The fraction of sp³-hybridized carbons (Fsp3) is 0.133. The standard InChI is InChI=1S/C15H13N5O3S/c1-19-14-12(17-15(19)24(2,22)23)13(21)16-11-8-10(18-20(11)14)9-6-4-3-5-7-9/h3-8,18H,1-2H3. The van der Waals surface area contributed by atoms with Gasteiger partial charge in [0.15, 0.2) is 16.8 Å². The van der Waals surface area contributed by atoms with Crippen LogP contribution in [0, 0.1) is 0 Å². The zero-order valence-corrected chi connectivity index (χ0v) is 13.7. The maximum absolute atomic E-state index is 12.2. The zero-order valence-electron chi connectivity index (χ0n) is 12.9. The van der Waals surface area contributed by atoms with Gasteiger partial charge in [-0.3, -0.25) is 9.89 Å². The van der Waals surface area contributed by atoms with Gasteiger partial charge in [-0.05, 0) is 5.56 Å². The van der Waals surface area contributed by atoms with Gasteiger partial charge in [0, 0.05) is 19.4 Å². The van der Waals surface area contributed by atoms with Gasteiger partial charge in [0.1, 0.15) is 0 Å². The average molecular weight is 343 g/mol. The first-order valence-corrected chi connectivity index (χ1v) is 8.99. The highest BCUT2D eigenvalue weighted by molar-refractivity contribution is 7.90. The summed E-state index contributed by atoms with van der Waals surface area (Å²) in [6.07, 6.45) is 1.05. The van der Waals surface area contributed by atoms with Crippen molar-refractivity contribution in [3.63, 3.8) is 0 Å². The minimum atomic E-state index is -3.57. The van der Waals surface area contributed by atoms with Crippen molar-refractivity contribution in [2.45, 2.75) is 5.16 Å². The lowest BCUT2D eigenvalue weighted by atomic mass is 10.2. The number of hydrogen-bond acceptors (Lipinski definition) is 5. The molecule has 9 heteroatoms. The maximum Gasteiger partial charge on any atom is 0.301 e. The van der Waals surface area contributed by atoms with Crippen LogP contribution < -0.4 is 5.56 Å². The molecule has 24 heavy (non-hydrogen) atoms. The number of nitrogens with zero attached hydrogens (tertiary/aromatic N) is 4. The van der Waals surface area contributed by atoms with Gasteiger partial charge in [-0.25, -0.2) is 17.9 Å². The SMILES string of the molecule is Cn1c(S(C)(=O)=O)nc2c(=O)nc3cc(-c4ccccc4)[nH]n3c21. The molecule has 8 nitrogen and oxygen atoms in total. The molecular formula is C15H13N5O3S. The number of imidazole rings is 1. The van der Waals surface area contributed by atoms with Crippen molar-refractivity contribution in [3.8, 4) is 11.3 Å². The van der Waals surface area contributed by atoms with E-state index in [1.165, 1.54) is 4.57 Å². The summed E-state index contributed by atoms with van der Waals surface area (Å²) in [7, 11) is -2.01. The van der Waals surface area contributed by atoms with E-state index in [0.717, 1.165) is 17.5 Å². The fourth-order valence-corrected chi connectivity index (χ4v) is 3.61. The first kappa shape index (κ1) is 14.6. The summed E-state index contributed by atoms with van der Waals surface area (Å²) in [6.45, 7) is 0. The van der Waals surface area contributed by atoms with Crippen molar-refractivity contribution >= 4 is 26.6 Å². The molecule has 0 aliphatic rings. The number of sulfone groups is 1. The van der Waals surface area contributed by atoms with Crippen molar-refractivity contribution in [3.05, 3.63) is 46.8 Å². The minimum Gasteiger partial charge on any atom is -0.302 e. The average Bonchev–Trinajstić information content (AvgIpc) is 3.09. The van der Waals surface area contributed by atoms with E-state index >= 15 is 0 Å². The van der Waals surface area contributed by atoms with Gasteiger partial charge in [0.05, 0.1) is 5.69 Å². The second kappa shape index (κ2) is 4.78. The molecule has 3 aromatic heterocycles. The van der Waals surface area contributed by atoms with E-state index < -0.39 is 15.4 Å². The second-order valence-corrected chi connectivity index (χ2v) is 7.45. The molecule has 1 aromatic carbocycles. The van der Waals surface area contributed by atoms with Crippen molar-refractivity contribution < 1.29 is 8.42 Å². The lowest BCUT2D eigenvalue weighted by Gasteiger charge is -2.01. The van der Waals surface area contributed by atoms with E-state index in [0.29, 0.717) is 11.3 Å². The van der Waals surface area contributed by atoms with Gasteiger partial charge in [-0.15, -0.1) is 0 Å². The van der Waals surface area contributed by atoms with Gasteiger partial charge in [-0.2, -0.15) is 4.98 Å². The topological polar surface area (TPSA) is 102 Å². The summed E-state index contributed by atoms with van der Waals surface area (Å²) >= 11 is 0. The van der Waals surface area contributed by atoms with Crippen molar-refractivity contribution in [1.82, 2.24) is 24.1 Å². The van der Waals surface area contributed by atoms with E-state index in [1.54, 1.807) is 17.6 Å². The number of aromatic nitrogens is 5. The van der Waals surface area contributed by atoms with Crippen molar-refractivity contribution in [1.29, 1.82) is 0 Å². The number of aromatic amines is 1. The summed E-state index contributed by atoms with van der Waals surface area (Å²) in [5.41, 5.74) is 1.89. The molecule has 0 amide bonds. The predicted molar refractivity (Wildman–Crippen MR) is 88.6 cm³/mol. The van der Waals surface area contributed by atoms with Gasteiger partial charge in [0.2, 0.25) is 15.0 Å². The van der Waals surface area contributed by atoms with Crippen LogP contribution in [0.5, 0.6) is 0 Å². The predicted octanol–water partition coefficient (Wildman–Crippen LogP) is 0.980. The van der Waals surface area contributed by atoms with Gasteiger partial charge < -0.3 is 4.57 Å². The Labute approximate surface area is 136 Å². The summed E-state index contributed by atoms with van der Waals surface area (Å²) in [4.78, 5) is 20.2. The molecule has 0 fully saturated rings. The van der Waals surface area contributed by atoms with E-state index in [-0.39, 0.29) is 10.7 Å². The summed E-state index contributed by atoms with van der Waals surface area (Å²) in [5.74, 6) is 0. The number of aryl methyl sites for hydroxylation is 1. The van der Waals surface area contributed by atoms with E-state index in [4.69, 9.17) is 0 Å². The largest absolute Gasteiger partial charge is 0.302 e. The second-order valence-electron chi connectivity index (χ2n) is 5.54. The highest BCUT2D eigenvalue weighted by Crippen LogP contribution is 2.21. The number of benzene rings is 1.